The SMILES string of the molecule is CCC1(OC(=O)COC23CC4(O)CC(O)(CC(OCCOC(=O)C(C)(F)F)(C4)C2)C3)C2CC3CC(C2)CC1C3. The number of esters is 2. The summed E-state index contributed by atoms with van der Waals surface area (Å²) in [5.41, 5.74) is -4.87. The predicted octanol–water partition coefficient (Wildman–Crippen LogP) is 3.69. The molecule has 0 spiro atoms. The molecule has 8 fully saturated rings. The van der Waals surface area contributed by atoms with E-state index in [9.17, 15) is 28.6 Å². The van der Waals surface area contributed by atoms with Crippen molar-refractivity contribution in [2.45, 2.75) is 125 Å². The third kappa shape index (κ3) is 4.91. The van der Waals surface area contributed by atoms with Crippen LogP contribution in [-0.4, -0.2) is 75.9 Å². The molecule has 0 aliphatic heterocycles. The maximum atomic E-state index is 13.3. The monoisotopic (exact) mass is 556 g/mol. The van der Waals surface area contributed by atoms with Crippen molar-refractivity contribution in [3.63, 3.8) is 0 Å². The van der Waals surface area contributed by atoms with Crippen molar-refractivity contribution in [3.8, 4) is 0 Å². The molecule has 0 aromatic carbocycles. The van der Waals surface area contributed by atoms with Crippen LogP contribution < -0.4 is 0 Å². The van der Waals surface area contributed by atoms with Gasteiger partial charge in [0.2, 0.25) is 0 Å². The van der Waals surface area contributed by atoms with E-state index in [-0.39, 0.29) is 51.9 Å². The minimum absolute atomic E-state index is 0.157. The van der Waals surface area contributed by atoms with E-state index in [2.05, 4.69) is 11.7 Å². The maximum absolute atomic E-state index is 13.3. The van der Waals surface area contributed by atoms with Crippen LogP contribution >= 0.6 is 0 Å². The Hall–Kier alpha value is -1.36. The molecule has 0 aromatic heterocycles. The van der Waals surface area contributed by atoms with E-state index in [0.717, 1.165) is 43.9 Å². The minimum atomic E-state index is -3.59. The Labute approximate surface area is 228 Å². The second kappa shape index (κ2) is 9.07. The van der Waals surface area contributed by atoms with Crippen LogP contribution in [0.5, 0.6) is 0 Å². The van der Waals surface area contributed by atoms with Crippen LogP contribution in [0.15, 0.2) is 0 Å². The van der Waals surface area contributed by atoms with E-state index in [1.54, 1.807) is 0 Å². The van der Waals surface area contributed by atoms with Gasteiger partial charge >= 0.3 is 17.9 Å². The van der Waals surface area contributed by atoms with Crippen molar-refractivity contribution in [2.24, 2.45) is 23.7 Å². The number of hydrogen-bond acceptors (Lipinski definition) is 8. The van der Waals surface area contributed by atoms with Crippen LogP contribution in [0.4, 0.5) is 8.78 Å². The summed E-state index contributed by atoms with van der Waals surface area (Å²) < 4.78 is 49.5. The second-order valence-electron chi connectivity index (χ2n) is 14.1. The molecule has 8 aliphatic rings. The molecule has 10 heteroatoms. The molecule has 8 rings (SSSR count). The number of halogens is 2. The summed E-state index contributed by atoms with van der Waals surface area (Å²) >= 11 is 0. The first kappa shape index (κ1) is 27.8. The van der Waals surface area contributed by atoms with Gasteiger partial charge in [0.25, 0.3) is 0 Å². The molecule has 8 saturated carbocycles. The Bertz CT molecular complexity index is 962. The summed E-state index contributed by atoms with van der Waals surface area (Å²) in [5, 5.41) is 22.7. The Balaban J connectivity index is 1.11. The van der Waals surface area contributed by atoms with Crippen molar-refractivity contribution in [3.05, 3.63) is 0 Å². The average molecular weight is 557 g/mol. The average Bonchev–Trinajstić information content (AvgIpc) is 2.79. The molecule has 0 heterocycles. The van der Waals surface area contributed by atoms with E-state index in [4.69, 9.17) is 14.2 Å². The topological polar surface area (TPSA) is 112 Å². The summed E-state index contributed by atoms with van der Waals surface area (Å²) in [4.78, 5) is 24.7. The van der Waals surface area contributed by atoms with Gasteiger partial charge in [0.1, 0.15) is 18.8 Å². The first-order chi connectivity index (χ1) is 18.2. The lowest BCUT2D eigenvalue weighted by Gasteiger charge is -2.66. The van der Waals surface area contributed by atoms with E-state index < -0.39 is 45.9 Å². The molecule has 0 saturated heterocycles. The quantitative estimate of drug-likeness (QED) is 0.310. The van der Waals surface area contributed by atoms with Gasteiger partial charge in [0, 0.05) is 45.4 Å². The smallest absolute Gasteiger partial charge is 0.376 e. The Morgan fingerprint density at radius 3 is 1.87 bits per heavy atom. The largest absolute Gasteiger partial charge is 0.459 e. The van der Waals surface area contributed by atoms with E-state index in [1.807, 2.05) is 0 Å². The van der Waals surface area contributed by atoms with E-state index in [0.29, 0.717) is 25.2 Å². The van der Waals surface area contributed by atoms with Crippen molar-refractivity contribution in [1.82, 2.24) is 0 Å². The molecule has 0 aromatic rings. The first-order valence-electron chi connectivity index (χ1n) is 14.7. The van der Waals surface area contributed by atoms with Crippen LogP contribution in [0.2, 0.25) is 0 Å². The van der Waals surface area contributed by atoms with Gasteiger partial charge in [0.15, 0.2) is 0 Å². The summed E-state index contributed by atoms with van der Waals surface area (Å²) in [6, 6.07) is 0. The standard InChI is InChI=1S/C29H42F2O8/c1-3-29(20-7-18-6-19(9-20)10-21(29)8-18)39-22(32)11-38-28-15-25(34)12-26(35,16-28)14-27(13-25,17-28)37-5-4-36-23(33)24(2,30)31/h18-21,34-35H,3-17H2,1-2H3. The van der Waals surface area contributed by atoms with Crippen LogP contribution in [0.1, 0.15) is 90.9 Å². The van der Waals surface area contributed by atoms with Crippen LogP contribution in [-0.2, 0) is 28.5 Å². The lowest BCUT2D eigenvalue weighted by Crippen LogP contribution is -2.73. The normalized spacial score (nSPS) is 47.4. The number of carbonyl (C=O) groups is 2. The molecule has 8 nitrogen and oxygen atoms in total. The molecule has 8 aliphatic carbocycles. The van der Waals surface area contributed by atoms with Gasteiger partial charge in [-0.3, -0.25) is 0 Å². The second-order valence-corrected chi connectivity index (χ2v) is 14.1. The highest BCUT2D eigenvalue weighted by molar-refractivity contribution is 5.76. The summed E-state index contributed by atoms with van der Waals surface area (Å²) in [5.74, 6) is -3.30. The fraction of sp³-hybridized carbons (Fsp3) is 0.931. The lowest BCUT2D eigenvalue weighted by molar-refractivity contribution is -0.318. The number of carbonyl (C=O) groups excluding carboxylic acids is 2. The van der Waals surface area contributed by atoms with Gasteiger partial charge in [-0.05, 0) is 62.2 Å². The summed E-state index contributed by atoms with van der Waals surface area (Å²) in [6.45, 7) is 1.79. The van der Waals surface area contributed by atoms with Gasteiger partial charge in [0.05, 0.1) is 29.0 Å². The molecule has 2 atom stereocenters. The third-order valence-corrected chi connectivity index (χ3v) is 10.9. The molecule has 0 radical (unpaired) electrons. The number of ether oxygens (including phenoxy) is 4. The van der Waals surface area contributed by atoms with Crippen molar-refractivity contribution in [2.75, 3.05) is 19.8 Å². The Morgan fingerprint density at radius 2 is 1.36 bits per heavy atom. The van der Waals surface area contributed by atoms with Gasteiger partial charge in [-0.2, -0.15) is 8.78 Å². The first-order valence-corrected chi connectivity index (χ1v) is 14.7. The number of aliphatic hydroxyl groups is 2. The molecule has 39 heavy (non-hydrogen) atoms. The highest BCUT2D eigenvalue weighted by atomic mass is 19.3. The van der Waals surface area contributed by atoms with Crippen LogP contribution in [0, 0.1) is 23.7 Å². The zero-order valence-electron chi connectivity index (χ0n) is 23.0. The van der Waals surface area contributed by atoms with Crippen LogP contribution in [0.3, 0.4) is 0 Å². The molecule has 0 amide bonds. The number of hydrogen-bond donors (Lipinski definition) is 2. The summed E-state index contributed by atoms with van der Waals surface area (Å²) in [6.07, 6.45) is 8.18. The summed E-state index contributed by atoms with van der Waals surface area (Å²) in [7, 11) is 0. The third-order valence-electron chi connectivity index (χ3n) is 10.9. The van der Waals surface area contributed by atoms with E-state index >= 15 is 0 Å². The fourth-order valence-corrected chi connectivity index (χ4v) is 10.4. The molecular formula is C29H42F2O8. The zero-order chi connectivity index (χ0) is 27.9. The van der Waals surface area contributed by atoms with Gasteiger partial charge < -0.3 is 29.2 Å². The molecule has 2 N–H and O–H groups in total. The Kier molecular flexibility index (Phi) is 6.46. The zero-order valence-corrected chi connectivity index (χ0v) is 23.0. The minimum Gasteiger partial charge on any atom is -0.459 e. The van der Waals surface area contributed by atoms with Gasteiger partial charge in [-0.25, -0.2) is 9.59 Å². The van der Waals surface area contributed by atoms with Crippen molar-refractivity contribution in [1.29, 1.82) is 0 Å². The molecule has 2 unspecified atom stereocenters. The predicted molar refractivity (Wildman–Crippen MR) is 133 cm³/mol. The fourth-order valence-electron chi connectivity index (χ4n) is 10.4. The van der Waals surface area contributed by atoms with Gasteiger partial charge in [-0.15, -0.1) is 0 Å². The Morgan fingerprint density at radius 1 is 0.821 bits per heavy atom. The molecule has 220 valence electrons. The highest BCUT2D eigenvalue weighted by Gasteiger charge is 2.69. The molecule has 8 bridgehead atoms. The highest BCUT2D eigenvalue weighted by Crippen LogP contribution is 2.64. The lowest BCUT2D eigenvalue weighted by atomic mass is 9.48. The van der Waals surface area contributed by atoms with E-state index in [1.165, 1.54) is 6.42 Å². The number of alkyl halides is 2. The van der Waals surface area contributed by atoms with Crippen molar-refractivity contribution >= 4 is 11.9 Å². The van der Waals surface area contributed by atoms with Crippen LogP contribution in [0.25, 0.3) is 0 Å². The number of rotatable bonds is 10. The molecular weight excluding hydrogens is 514 g/mol. The van der Waals surface area contributed by atoms with Gasteiger partial charge in [-0.1, -0.05) is 6.92 Å². The van der Waals surface area contributed by atoms with Crippen molar-refractivity contribution < 1.29 is 47.5 Å². The maximum Gasteiger partial charge on any atom is 0.376 e.